The van der Waals surface area contributed by atoms with Crippen LogP contribution in [0.4, 0.5) is 5.69 Å². The molecule has 4 amide bonds. The van der Waals surface area contributed by atoms with Crippen LogP contribution >= 0.6 is 0 Å². The van der Waals surface area contributed by atoms with Gasteiger partial charge < -0.3 is 39.9 Å². The molecule has 9 saturated heterocycles. The van der Waals surface area contributed by atoms with Crippen LogP contribution in [0.2, 0.25) is 0 Å². The van der Waals surface area contributed by atoms with Gasteiger partial charge in [0.05, 0.1) is 28.2 Å². The summed E-state index contributed by atoms with van der Waals surface area (Å²) in [6, 6.07) is 6.54. The highest BCUT2D eigenvalue weighted by atomic mass is 16.5. The average molecular weight is 891 g/mol. The van der Waals surface area contributed by atoms with Gasteiger partial charge in [0, 0.05) is 52.8 Å². The molecular formula is C52H54N6O8. The molecule has 12 aliphatic heterocycles. The van der Waals surface area contributed by atoms with E-state index in [9.17, 15) is 5.21 Å². The molecule has 0 unspecified atom stereocenters. The molecule has 9 atom stereocenters. The van der Waals surface area contributed by atoms with E-state index in [0.717, 1.165) is 4.74 Å². The zero-order valence-electron chi connectivity index (χ0n) is 38.6. The van der Waals surface area contributed by atoms with Crippen LogP contribution in [0.1, 0.15) is 128 Å². The fraction of sp³-hybridized carbons (Fsp3) is 0.558. The number of hydrogen-bond acceptors (Lipinski definition) is 8. The molecule has 2 aromatic carbocycles. The SMILES string of the molecule is CC1(C)C=Cc2c(ccc3c2[N+]([O-])=C2C(C)(C)[C@@H]4C[C@@]56CCCN5C(=O)[C@]4(NC6=O)[C@@H]4N5C(=O)[C@]67CCCN6C(=O)[C@]56[C@@H](C7)C(C)(C)c5c(c7ccc8c(c7n5O)C=CC(C)(C)O8)[C@H]6[C@@]234)O1. The molecule has 17 rings (SSSR count). The fourth-order valence-corrected chi connectivity index (χ4v) is 18.0. The van der Waals surface area contributed by atoms with E-state index in [-0.39, 0.29) is 23.6 Å². The molecule has 10 fully saturated rings. The number of carbonyl (C=O) groups excluding carboxylic acids is 4. The maximum absolute atomic E-state index is 16.8. The summed E-state index contributed by atoms with van der Waals surface area (Å²) in [5.74, 6) is -1.92. The van der Waals surface area contributed by atoms with E-state index in [2.05, 4.69) is 33.0 Å². The molecule has 340 valence electrons. The first-order valence-corrected chi connectivity index (χ1v) is 24.1. The highest BCUT2D eigenvalue weighted by Crippen LogP contribution is 2.81. The highest BCUT2D eigenvalue weighted by molar-refractivity contribution is 6.18. The second-order valence-electron chi connectivity index (χ2n) is 24.2. The van der Waals surface area contributed by atoms with Crippen molar-refractivity contribution >= 4 is 58.1 Å². The minimum absolute atomic E-state index is 0.176. The Balaban J connectivity index is 1.16. The van der Waals surface area contributed by atoms with Gasteiger partial charge in [-0.25, -0.2) is 0 Å². The van der Waals surface area contributed by atoms with E-state index in [0.29, 0.717) is 113 Å². The van der Waals surface area contributed by atoms with Gasteiger partial charge in [-0.2, -0.15) is 9.47 Å². The Bertz CT molecular complexity index is 3140. The van der Waals surface area contributed by atoms with Crippen molar-refractivity contribution in [2.45, 2.75) is 150 Å². The van der Waals surface area contributed by atoms with Gasteiger partial charge in [-0.05, 0) is 134 Å². The minimum atomic E-state index is -1.73. The van der Waals surface area contributed by atoms with Crippen molar-refractivity contribution in [2.75, 3.05) is 13.1 Å². The zero-order valence-corrected chi connectivity index (χ0v) is 38.6. The number of fused-ring (bicyclic) bond motifs is 10. The van der Waals surface area contributed by atoms with Crippen LogP contribution in [-0.4, -0.2) is 111 Å². The summed E-state index contributed by atoms with van der Waals surface area (Å²) < 4.78 is 15.5. The van der Waals surface area contributed by atoms with Gasteiger partial charge in [-0.15, -0.1) is 0 Å². The molecule has 2 N–H and O–H groups in total. The third kappa shape index (κ3) is 3.39. The molecule has 14 nitrogen and oxygen atoms in total. The van der Waals surface area contributed by atoms with E-state index < -0.39 is 73.4 Å². The van der Waals surface area contributed by atoms with Gasteiger partial charge >= 0.3 is 0 Å². The van der Waals surface area contributed by atoms with E-state index in [1.54, 1.807) is 4.90 Å². The molecule has 1 aromatic heterocycles. The summed E-state index contributed by atoms with van der Waals surface area (Å²) >= 11 is 0. The monoisotopic (exact) mass is 890 g/mol. The van der Waals surface area contributed by atoms with Gasteiger partial charge in [-0.3, -0.25) is 19.2 Å². The van der Waals surface area contributed by atoms with E-state index >= 15 is 24.4 Å². The Labute approximate surface area is 381 Å². The Kier molecular flexibility index (Phi) is 6.01. The van der Waals surface area contributed by atoms with Gasteiger partial charge in [0.2, 0.25) is 23.4 Å². The van der Waals surface area contributed by atoms with Gasteiger partial charge in [0.25, 0.3) is 5.91 Å². The van der Waals surface area contributed by atoms with Crippen LogP contribution in [0.25, 0.3) is 23.1 Å². The number of amides is 4. The van der Waals surface area contributed by atoms with Crippen LogP contribution in [0, 0.1) is 22.5 Å². The van der Waals surface area contributed by atoms with Crippen molar-refractivity contribution in [3.63, 3.8) is 0 Å². The predicted molar refractivity (Wildman–Crippen MR) is 240 cm³/mol. The number of ether oxygens (including phenoxy) is 2. The van der Waals surface area contributed by atoms with Crippen LogP contribution in [-0.2, 0) is 30.0 Å². The quantitative estimate of drug-likeness (QED) is 0.163. The topological polar surface area (TPSA) is 160 Å². The lowest BCUT2D eigenvalue weighted by molar-refractivity contribution is -0.367. The first kappa shape index (κ1) is 38.3. The van der Waals surface area contributed by atoms with Crippen LogP contribution in [0.15, 0.2) is 36.4 Å². The number of rotatable bonds is 0. The van der Waals surface area contributed by atoms with Crippen molar-refractivity contribution in [3.05, 3.63) is 69.6 Å². The van der Waals surface area contributed by atoms with Crippen molar-refractivity contribution in [3.8, 4) is 11.5 Å². The maximum atomic E-state index is 16.8. The molecular weight excluding hydrogens is 837 g/mol. The smallest absolute Gasteiger partial charge is 0.251 e. The van der Waals surface area contributed by atoms with E-state index in [1.807, 2.05) is 86.1 Å². The van der Waals surface area contributed by atoms with Crippen molar-refractivity contribution < 1.29 is 38.6 Å². The van der Waals surface area contributed by atoms with Crippen molar-refractivity contribution in [1.29, 1.82) is 0 Å². The lowest BCUT2D eigenvalue weighted by atomic mass is 9.39. The number of aromatic nitrogens is 1. The third-order valence-electron chi connectivity index (χ3n) is 20.0. The lowest BCUT2D eigenvalue weighted by Gasteiger charge is -2.70. The normalized spacial score (nSPS) is 40.5. The van der Waals surface area contributed by atoms with E-state index in [4.69, 9.17) is 9.47 Å². The molecule has 66 heavy (non-hydrogen) atoms. The highest BCUT2D eigenvalue weighted by Gasteiger charge is 2.95. The second-order valence-corrected chi connectivity index (χ2v) is 24.2. The Morgan fingerprint density at radius 1 is 0.758 bits per heavy atom. The molecule has 13 heterocycles. The second kappa shape index (κ2) is 10.4. The van der Waals surface area contributed by atoms with Gasteiger partial charge in [-0.1, -0.05) is 13.8 Å². The molecule has 1 saturated carbocycles. The standard InChI is InChI=1S/C52H54N6O8/c1-44(2)19-15-25-29(65-44)13-11-27-33-36-50-28-12-14-30-26(16-20-45(3,4)66-30)35(28)58(64)38(50)47(7,8)31-23-48-17-9-21-54(48)42(61)51(31,53-40(48)59)39(50)56-41(60)49-18-10-22-55(49)43(62)52(36,56)32(24-49)46(5,6)37(33)57(63)34(25)27/h11-16,19-20,31-32,36,39,63H,9-10,17-18,21-24H2,1-8H3,(H,53,59)/t31-,32-,36-,39+,48+,49+,50+,51+,52+/m0/s1. The number of benzene rings is 2. The van der Waals surface area contributed by atoms with Crippen LogP contribution < -0.4 is 14.8 Å². The number of piperazine rings is 2. The predicted octanol–water partition coefficient (Wildman–Crippen LogP) is 5.79. The van der Waals surface area contributed by atoms with Crippen molar-refractivity contribution in [1.82, 2.24) is 24.7 Å². The Hall–Kier alpha value is -5.79. The van der Waals surface area contributed by atoms with Gasteiger partial charge in [0.15, 0.2) is 5.71 Å². The number of carbonyl (C=O) groups is 4. The summed E-state index contributed by atoms with van der Waals surface area (Å²) in [7, 11) is 0. The Morgan fingerprint density at radius 2 is 1.38 bits per heavy atom. The number of nitrogens with one attached hydrogen (secondary N) is 1. The average Bonchev–Trinajstić information content (AvgIpc) is 4.05. The summed E-state index contributed by atoms with van der Waals surface area (Å²) in [6.45, 7) is 17.0. The molecule has 14 aliphatic rings. The maximum Gasteiger partial charge on any atom is 0.251 e. The fourth-order valence-electron chi connectivity index (χ4n) is 18.0. The third-order valence-corrected chi connectivity index (χ3v) is 20.0. The molecule has 0 radical (unpaired) electrons. The Morgan fingerprint density at radius 3 is 2.09 bits per heavy atom. The zero-order chi connectivity index (χ0) is 45.8. The summed E-state index contributed by atoms with van der Waals surface area (Å²) in [4.78, 5) is 70.5. The number of hydrogen-bond donors (Lipinski definition) is 2. The molecule has 2 aliphatic carbocycles. The molecule has 14 heteroatoms. The summed E-state index contributed by atoms with van der Waals surface area (Å²) in [5.41, 5.74) is -6.07. The number of nitrogens with zero attached hydrogens (tertiary/aromatic N) is 5. The lowest BCUT2D eigenvalue weighted by Crippen LogP contribution is -2.93. The van der Waals surface area contributed by atoms with Crippen LogP contribution in [0.5, 0.6) is 11.5 Å². The van der Waals surface area contributed by atoms with Gasteiger partial charge in [0.1, 0.15) is 50.3 Å². The van der Waals surface area contributed by atoms with E-state index in [1.165, 1.54) is 4.73 Å². The first-order chi connectivity index (χ1) is 31.1. The van der Waals surface area contributed by atoms with Crippen molar-refractivity contribution in [2.24, 2.45) is 17.3 Å². The minimum Gasteiger partial charge on any atom is -0.618 e. The van der Waals surface area contributed by atoms with Crippen LogP contribution in [0.3, 0.4) is 0 Å². The number of piperidine rings is 4. The molecule has 3 aromatic rings. The largest absolute Gasteiger partial charge is 0.618 e. The summed E-state index contributed by atoms with van der Waals surface area (Å²) in [6.07, 6.45) is 10.8. The summed E-state index contributed by atoms with van der Waals surface area (Å²) in [5, 5.41) is 33.8. The first-order valence-electron chi connectivity index (χ1n) is 24.1. The molecule has 5 spiro atoms. The molecule has 4 bridgehead atoms.